The van der Waals surface area contributed by atoms with Gasteiger partial charge in [-0.15, -0.1) is 0 Å². The van der Waals surface area contributed by atoms with Crippen molar-refractivity contribution in [3.8, 4) is 17.2 Å². The Morgan fingerprint density at radius 1 is 1.14 bits per heavy atom. The molecule has 0 saturated carbocycles. The summed E-state index contributed by atoms with van der Waals surface area (Å²) in [6.45, 7) is 6.14. The predicted octanol–water partition coefficient (Wildman–Crippen LogP) is 3.60. The normalized spacial score (nSPS) is 15.2. The van der Waals surface area contributed by atoms with Crippen LogP contribution in [0.3, 0.4) is 0 Å². The highest BCUT2D eigenvalue weighted by atomic mass is 32.1. The predicted molar refractivity (Wildman–Crippen MR) is 142 cm³/mol. The lowest BCUT2D eigenvalue weighted by atomic mass is 9.94. The number of methoxy groups -OCH3 is 2. The van der Waals surface area contributed by atoms with Crippen LogP contribution in [0, 0.1) is 0 Å². The molecule has 1 aliphatic heterocycles. The fraction of sp³-hybridized carbons (Fsp3) is 0.321. The Morgan fingerprint density at radius 3 is 2.62 bits per heavy atom. The first kappa shape index (κ1) is 26.2. The number of allylic oxidation sites excluding steroid dienone is 1. The molecule has 0 radical (unpaired) electrons. The van der Waals surface area contributed by atoms with Gasteiger partial charge in [-0.25, -0.2) is 9.79 Å². The van der Waals surface area contributed by atoms with Crippen molar-refractivity contribution in [2.75, 3.05) is 27.4 Å². The van der Waals surface area contributed by atoms with Crippen molar-refractivity contribution in [2.24, 2.45) is 4.99 Å². The molecule has 2 aromatic carbocycles. The van der Waals surface area contributed by atoms with E-state index in [2.05, 4.69) is 4.99 Å². The van der Waals surface area contributed by atoms with E-state index >= 15 is 0 Å². The largest absolute Gasteiger partial charge is 0.497 e. The second-order valence-electron chi connectivity index (χ2n) is 8.31. The van der Waals surface area contributed by atoms with Crippen LogP contribution in [0.25, 0.3) is 6.08 Å². The Bertz CT molecular complexity index is 1520. The number of rotatable bonds is 9. The molecule has 0 bridgehead atoms. The van der Waals surface area contributed by atoms with Crippen molar-refractivity contribution in [1.82, 2.24) is 4.57 Å². The number of aromatic nitrogens is 1. The molecule has 1 atom stereocenters. The van der Waals surface area contributed by atoms with Crippen LogP contribution >= 0.6 is 11.3 Å². The van der Waals surface area contributed by atoms with E-state index in [9.17, 15) is 9.59 Å². The first-order valence-corrected chi connectivity index (χ1v) is 12.9. The topological polar surface area (TPSA) is 88.4 Å². The molecule has 9 heteroatoms. The van der Waals surface area contributed by atoms with Crippen LogP contribution < -0.4 is 29.1 Å². The number of esters is 1. The summed E-state index contributed by atoms with van der Waals surface area (Å²) in [5, 5.41) is 0. The van der Waals surface area contributed by atoms with Crippen LogP contribution in [0.1, 0.15) is 44.4 Å². The molecule has 4 rings (SSSR count). The summed E-state index contributed by atoms with van der Waals surface area (Å²) in [7, 11) is 3.16. The Labute approximate surface area is 219 Å². The highest BCUT2D eigenvalue weighted by molar-refractivity contribution is 7.07. The summed E-state index contributed by atoms with van der Waals surface area (Å²) in [5.41, 5.74) is 1.95. The minimum Gasteiger partial charge on any atom is -0.497 e. The summed E-state index contributed by atoms with van der Waals surface area (Å²) in [4.78, 5) is 32.2. The van der Waals surface area contributed by atoms with E-state index in [1.165, 1.54) is 11.3 Å². The van der Waals surface area contributed by atoms with Gasteiger partial charge in [0, 0.05) is 5.56 Å². The van der Waals surface area contributed by atoms with Crippen molar-refractivity contribution in [3.63, 3.8) is 0 Å². The Balaban J connectivity index is 2.00. The average molecular weight is 523 g/mol. The highest BCUT2D eigenvalue weighted by Gasteiger charge is 2.36. The number of hydrogen-bond acceptors (Lipinski definition) is 8. The van der Waals surface area contributed by atoms with Crippen LogP contribution in [0.4, 0.5) is 0 Å². The molecule has 3 aromatic rings. The van der Waals surface area contributed by atoms with E-state index in [0.29, 0.717) is 44.4 Å². The lowest BCUT2D eigenvalue weighted by Crippen LogP contribution is -2.40. The van der Waals surface area contributed by atoms with Gasteiger partial charge in [0.25, 0.3) is 5.56 Å². The number of ether oxygens (including phenoxy) is 4. The van der Waals surface area contributed by atoms with Gasteiger partial charge in [0.1, 0.15) is 11.8 Å². The summed E-state index contributed by atoms with van der Waals surface area (Å²) >= 11 is 1.26. The lowest BCUT2D eigenvalue weighted by molar-refractivity contribution is -0.139. The molecular formula is C28H30N2O6S. The summed E-state index contributed by atoms with van der Waals surface area (Å²) in [5.74, 6) is 1.16. The third-order valence-electron chi connectivity index (χ3n) is 5.88. The Morgan fingerprint density at radius 2 is 1.92 bits per heavy atom. The molecule has 37 heavy (non-hydrogen) atoms. The number of carbonyl (C=O) groups is 1. The molecule has 2 heterocycles. The maximum absolute atomic E-state index is 13.9. The average Bonchev–Trinajstić information content (AvgIpc) is 3.20. The van der Waals surface area contributed by atoms with Gasteiger partial charge in [-0.3, -0.25) is 9.36 Å². The van der Waals surface area contributed by atoms with Gasteiger partial charge in [0.2, 0.25) is 0 Å². The molecule has 0 saturated heterocycles. The Hall–Kier alpha value is -3.85. The fourth-order valence-corrected chi connectivity index (χ4v) is 5.28. The van der Waals surface area contributed by atoms with E-state index in [0.717, 1.165) is 12.0 Å². The van der Waals surface area contributed by atoms with Crippen LogP contribution in [0.15, 0.2) is 63.5 Å². The van der Waals surface area contributed by atoms with Gasteiger partial charge in [-0.1, -0.05) is 42.5 Å². The quantitative estimate of drug-likeness (QED) is 0.399. The summed E-state index contributed by atoms with van der Waals surface area (Å²) in [6.07, 6.45) is 2.58. The Kier molecular flexibility index (Phi) is 8.13. The molecule has 0 spiro atoms. The number of thiazole rings is 1. The van der Waals surface area contributed by atoms with Crippen molar-refractivity contribution in [3.05, 3.63) is 84.5 Å². The fourth-order valence-electron chi connectivity index (χ4n) is 4.24. The smallest absolute Gasteiger partial charge is 0.338 e. The second-order valence-corrected chi connectivity index (χ2v) is 9.32. The number of fused-ring (bicyclic) bond motifs is 1. The minimum atomic E-state index is -0.801. The van der Waals surface area contributed by atoms with E-state index in [-0.39, 0.29) is 17.7 Å². The summed E-state index contributed by atoms with van der Waals surface area (Å²) < 4.78 is 24.4. The van der Waals surface area contributed by atoms with Crippen molar-refractivity contribution < 1.29 is 23.7 Å². The second kappa shape index (κ2) is 11.5. The van der Waals surface area contributed by atoms with Crippen molar-refractivity contribution in [1.29, 1.82) is 0 Å². The molecule has 1 aliphatic rings. The molecule has 0 amide bonds. The maximum atomic E-state index is 13.9. The number of carbonyl (C=O) groups excluding carboxylic acids is 1. The number of benzene rings is 2. The van der Waals surface area contributed by atoms with Crippen LogP contribution in [-0.4, -0.2) is 38.0 Å². The number of nitrogens with zero attached hydrogens (tertiary/aromatic N) is 2. The molecule has 0 N–H and O–H groups in total. The third-order valence-corrected chi connectivity index (χ3v) is 6.87. The molecule has 0 aliphatic carbocycles. The lowest BCUT2D eigenvalue weighted by Gasteiger charge is -2.27. The van der Waals surface area contributed by atoms with E-state index in [1.807, 2.05) is 43.3 Å². The molecule has 194 valence electrons. The third kappa shape index (κ3) is 5.17. The maximum Gasteiger partial charge on any atom is 0.338 e. The van der Waals surface area contributed by atoms with E-state index in [4.69, 9.17) is 18.9 Å². The van der Waals surface area contributed by atoms with Crippen molar-refractivity contribution >= 4 is 23.4 Å². The standard InChI is InChI=1S/C28H30N2O6S/c1-6-14-36-25-20(12-9-13-21(25)34-5)24-23(27(32)35-7-2)17(3)29-28-30(24)26(31)22(37-28)16-18-10-8-11-19(15-18)33-4/h8-13,15-16,24H,6-7,14H2,1-5H3/b22-16+/t24-/m0/s1. The first-order chi connectivity index (χ1) is 17.9. The van der Waals surface area contributed by atoms with Gasteiger partial charge >= 0.3 is 5.97 Å². The van der Waals surface area contributed by atoms with Gasteiger partial charge in [0.15, 0.2) is 16.3 Å². The monoisotopic (exact) mass is 522 g/mol. The number of para-hydroxylation sites is 1. The molecular weight excluding hydrogens is 492 g/mol. The highest BCUT2D eigenvalue weighted by Crippen LogP contribution is 2.40. The zero-order valence-electron chi connectivity index (χ0n) is 21.6. The molecule has 0 fully saturated rings. The molecule has 8 nitrogen and oxygen atoms in total. The van der Waals surface area contributed by atoms with Gasteiger partial charge in [-0.2, -0.15) is 0 Å². The van der Waals surface area contributed by atoms with Gasteiger partial charge in [0.05, 0.1) is 43.2 Å². The van der Waals surface area contributed by atoms with Crippen LogP contribution in [0.2, 0.25) is 0 Å². The van der Waals surface area contributed by atoms with Crippen LogP contribution in [-0.2, 0) is 9.53 Å². The van der Waals surface area contributed by atoms with E-state index < -0.39 is 12.0 Å². The van der Waals surface area contributed by atoms with Crippen LogP contribution in [0.5, 0.6) is 17.2 Å². The zero-order valence-corrected chi connectivity index (χ0v) is 22.4. The first-order valence-electron chi connectivity index (χ1n) is 12.1. The van der Waals surface area contributed by atoms with Gasteiger partial charge in [-0.05, 0) is 50.1 Å². The van der Waals surface area contributed by atoms with Gasteiger partial charge < -0.3 is 18.9 Å². The SMILES string of the molecule is CCCOc1c(OC)cccc1[C@H]1C(C(=O)OCC)=C(C)N=c2s/c(=C/c3cccc(OC)c3)c(=O)n21. The van der Waals surface area contributed by atoms with Crippen molar-refractivity contribution in [2.45, 2.75) is 33.2 Å². The van der Waals surface area contributed by atoms with E-state index in [1.54, 1.807) is 44.8 Å². The summed E-state index contributed by atoms with van der Waals surface area (Å²) in [6, 6.07) is 12.1. The molecule has 0 unspecified atom stereocenters. The minimum absolute atomic E-state index is 0.194. The molecule has 1 aromatic heterocycles. The zero-order chi connectivity index (χ0) is 26.5. The number of hydrogen-bond donors (Lipinski definition) is 0.